The number of nitrogens with zero attached hydrogens (tertiary/aromatic N) is 2. The van der Waals surface area contributed by atoms with Gasteiger partial charge in [0.05, 0.1) is 22.4 Å². The zero-order valence-electron chi connectivity index (χ0n) is 30.5. The number of carbonyl (C=O) groups is 1. The van der Waals surface area contributed by atoms with Crippen molar-refractivity contribution in [2.45, 2.75) is 86.2 Å². The molecule has 2 heterocycles. The third kappa shape index (κ3) is 7.51. The molecular formula is C42H49F3N4O2. The summed E-state index contributed by atoms with van der Waals surface area (Å²) in [6, 6.07) is 24.8. The molecule has 51 heavy (non-hydrogen) atoms. The number of esters is 1. The number of hydrazine groups is 2. The molecular weight excluding hydrogens is 649 g/mol. The second-order valence-electron chi connectivity index (χ2n) is 14.6. The molecule has 0 aliphatic carbocycles. The highest BCUT2D eigenvalue weighted by atomic mass is 19.4. The van der Waals surface area contributed by atoms with Crippen LogP contribution in [0.15, 0.2) is 78.9 Å². The van der Waals surface area contributed by atoms with Crippen LogP contribution in [0.5, 0.6) is 0 Å². The van der Waals surface area contributed by atoms with Crippen molar-refractivity contribution in [2.75, 3.05) is 23.5 Å². The van der Waals surface area contributed by atoms with E-state index in [1.165, 1.54) is 12.1 Å². The van der Waals surface area contributed by atoms with Gasteiger partial charge < -0.3 is 10.2 Å². The fraction of sp³-hybridized carbons (Fsp3) is 0.405. The van der Waals surface area contributed by atoms with Gasteiger partial charge in [-0.3, -0.25) is 14.7 Å². The highest BCUT2D eigenvalue weighted by Crippen LogP contribution is 2.47. The molecule has 2 aliphatic heterocycles. The van der Waals surface area contributed by atoms with Gasteiger partial charge in [0.25, 0.3) is 0 Å². The van der Waals surface area contributed by atoms with Crippen molar-refractivity contribution in [3.05, 3.63) is 129 Å². The molecule has 2 aliphatic rings. The number of carbonyl (C=O) groups excluding carboxylic acids is 1. The molecule has 0 radical (unpaired) electrons. The molecule has 0 amide bonds. The average Bonchev–Trinajstić information content (AvgIpc) is 3.44. The Balaban J connectivity index is 1.39. The third-order valence-corrected chi connectivity index (χ3v) is 10.8. The number of anilines is 2. The smallest absolute Gasteiger partial charge is 0.416 e. The molecule has 0 bridgehead atoms. The Hall–Kier alpha value is -4.34. The molecule has 0 saturated carbocycles. The van der Waals surface area contributed by atoms with Crippen molar-refractivity contribution in [2.24, 2.45) is 11.3 Å². The monoisotopic (exact) mass is 698 g/mol. The predicted octanol–water partition coefficient (Wildman–Crippen LogP) is 9.48. The number of rotatable bonds is 10. The first-order valence-electron chi connectivity index (χ1n) is 17.9. The molecule has 0 unspecified atom stereocenters. The summed E-state index contributed by atoms with van der Waals surface area (Å²) in [6.45, 7) is 14.6. The summed E-state index contributed by atoms with van der Waals surface area (Å²) in [4.78, 5) is 16.3. The molecule has 0 saturated heterocycles. The average molecular weight is 699 g/mol. The quantitative estimate of drug-likeness (QED) is 0.161. The van der Waals surface area contributed by atoms with E-state index < -0.39 is 17.2 Å². The Morgan fingerprint density at radius 3 is 2.45 bits per heavy atom. The van der Waals surface area contributed by atoms with Crippen molar-refractivity contribution in [3.63, 3.8) is 0 Å². The number of benzene rings is 4. The van der Waals surface area contributed by atoms with E-state index in [1.54, 1.807) is 0 Å². The molecule has 9 heteroatoms. The van der Waals surface area contributed by atoms with Gasteiger partial charge in [0, 0.05) is 32.1 Å². The maximum atomic E-state index is 14.2. The van der Waals surface area contributed by atoms with E-state index in [0.29, 0.717) is 25.1 Å². The number of nitrogens with one attached hydrogen (secondary N) is 2. The van der Waals surface area contributed by atoms with Gasteiger partial charge in [-0.05, 0) is 104 Å². The molecule has 6 nitrogen and oxygen atoms in total. The van der Waals surface area contributed by atoms with Crippen LogP contribution in [0.4, 0.5) is 24.5 Å². The number of ether oxygens (including phenoxy) is 1. The predicted molar refractivity (Wildman–Crippen MR) is 197 cm³/mol. The Bertz CT molecular complexity index is 1870. The Labute approximate surface area is 299 Å². The molecule has 0 fully saturated rings. The van der Waals surface area contributed by atoms with Crippen LogP contribution >= 0.6 is 0 Å². The van der Waals surface area contributed by atoms with E-state index in [2.05, 4.69) is 67.0 Å². The molecule has 270 valence electrons. The van der Waals surface area contributed by atoms with Gasteiger partial charge in [0.15, 0.2) is 0 Å². The van der Waals surface area contributed by atoms with Crippen molar-refractivity contribution in [1.29, 1.82) is 0 Å². The zero-order valence-corrected chi connectivity index (χ0v) is 30.5. The lowest BCUT2D eigenvalue weighted by Gasteiger charge is -2.35. The first-order valence-corrected chi connectivity index (χ1v) is 17.9. The summed E-state index contributed by atoms with van der Waals surface area (Å²) in [5.74, 6) is -0.454. The molecule has 2 atom stereocenters. The van der Waals surface area contributed by atoms with Crippen LogP contribution < -0.4 is 16.0 Å². The van der Waals surface area contributed by atoms with E-state index in [-0.39, 0.29) is 31.0 Å². The van der Waals surface area contributed by atoms with Gasteiger partial charge in [-0.2, -0.15) is 13.2 Å². The summed E-state index contributed by atoms with van der Waals surface area (Å²) in [5.41, 5.74) is 14.2. The minimum absolute atomic E-state index is 0.171. The van der Waals surface area contributed by atoms with Crippen molar-refractivity contribution in [3.8, 4) is 0 Å². The van der Waals surface area contributed by atoms with Crippen LogP contribution in [0, 0.1) is 25.2 Å². The summed E-state index contributed by atoms with van der Waals surface area (Å²) in [6.07, 6.45) is -2.91. The molecule has 4 aromatic carbocycles. The number of halogens is 3. The van der Waals surface area contributed by atoms with Gasteiger partial charge in [-0.25, -0.2) is 0 Å². The summed E-state index contributed by atoms with van der Waals surface area (Å²) < 4.78 is 48.7. The minimum Gasteiger partial charge on any atom is -0.460 e. The van der Waals surface area contributed by atoms with Crippen LogP contribution in [-0.2, 0) is 41.8 Å². The van der Waals surface area contributed by atoms with E-state index in [4.69, 9.17) is 4.74 Å². The number of hydrogen-bond donors (Lipinski definition) is 2. The van der Waals surface area contributed by atoms with Gasteiger partial charge in [-0.15, -0.1) is 5.53 Å². The van der Waals surface area contributed by atoms with Crippen LogP contribution in [0.3, 0.4) is 0 Å². The fourth-order valence-electron chi connectivity index (χ4n) is 7.84. The molecule has 4 aromatic rings. The Kier molecular flexibility index (Phi) is 10.5. The van der Waals surface area contributed by atoms with Crippen LogP contribution in [-0.4, -0.2) is 24.0 Å². The van der Waals surface area contributed by atoms with Gasteiger partial charge >= 0.3 is 12.1 Å². The third-order valence-electron chi connectivity index (χ3n) is 10.8. The van der Waals surface area contributed by atoms with E-state index >= 15 is 0 Å². The lowest BCUT2D eigenvalue weighted by atomic mass is 9.69. The van der Waals surface area contributed by atoms with Gasteiger partial charge in [0.2, 0.25) is 0 Å². The molecule has 0 aromatic heterocycles. The lowest BCUT2D eigenvalue weighted by molar-refractivity contribution is -0.156. The number of hydrogen-bond acceptors (Lipinski definition) is 6. The normalized spacial score (nSPS) is 17.0. The Morgan fingerprint density at radius 2 is 1.75 bits per heavy atom. The van der Waals surface area contributed by atoms with Crippen molar-refractivity contribution < 1.29 is 22.7 Å². The standard InChI is InChI=1S/C42H49F3N4O2/c1-7-29-21-31-15-12-16-36(42(43,44)45)35(31)25-48(23-29)24-33-22-32(18-17-27(33)3)38(34-19-20-37-39(28(34)4)46-47-49(37)8-2)41(5,6)40(50)51-26-30-13-10-9-11-14-30/h9-20,22,29,38,46-47H,7-8,21,23-26H2,1-6H3/t29-,38-/m0/s1. The van der Waals surface area contributed by atoms with Gasteiger partial charge in [0.1, 0.15) is 6.61 Å². The highest BCUT2D eigenvalue weighted by molar-refractivity contribution is 5.81. The van der Waals surface area contributed by atoms with E-state index in [0.717, 1.165) is 63.3 Å². The molecule has 6 rings (SSSR count). The maximum absolute atomic E-state index is 14.2. The lowest BCUT2D eigenvalue weighted by Crippen LogP contribution is -2.35. The van der Waals surface area contributed by atoms with Crippen molar-refractivity contribution >= 4 is 17.3 Å². The highest BCUT2D eigenvalue weighted by Gasteiger charge is 2.42. The Morgan fingerprint density at radius 1 is 0.980 bits per heavy atom. The first kappa shape index (κ1) is 36.5. The minimum atomic E-state index is -4.42. The summed E-state index contributed by atoms with van der Waals surface area (Å²) in [7, 11) is 0. The first-order chi connectivity index (χ1) is 24.3. The fourth-order valence-corrected chi connectivity index (χ4v) is 7.84. The van der Waals surface area contributed by atoms with Gasteiger partial charge in [-0.1, -0.05) is 80.1 Å². The van der Waals surface area contributed by atoms with Crippen LogP contribution in [0.1, 0.15) is 90.1 Å². The SMILES string of the molecule is CC[C@H]1Cc2cccc(C(F)(F)F)c2CN(Cc2cc([C@@H](c3ccc4c(c3C)NNN4CC)C(C)(C)C(=O)OCc3ccccc3)ccc2C)C1. The topological polar surface area (TPSA) is 56.8 Å². The van der Waals surface area contributed by atoms with Crippen molar-refractivity contribution in [1.82, 2.24) is 10.4 Å². The number of fused-ring (bicyclic) bond motifs is 2. The molecule has 0 spiro atoms. The van der Waals surface area contributed by atoms with E-state index in [9.17, 15) is 18.0 Å². The van der Waals surface area contributed by atoms with Crippen LogP contribution in [0.25, 0.3) is 0 Å². The number of alkyl halides is 3. The van der Waals surface area contributed by atoms with Crippen LogP contribution in [0.2, 0.25) is 0 Å². The summed E-state index contributed by atoms with van der Waals surface area (Å²) in [5, 5.41) is 2.04. The maximum Gasteiger partial charge on any atom is 0.416 e. The second kappa shape index (κ2) is 14.7. The number of aryl methyl sites for hydroxylation is 1. The summed E-state index contributed by atoms with van der Waals surface area (Å²) >= 11 is 0. The second-order valence-corrected chi connectivity index (χ2v) is 14.6. The largest absolute Gasteiger partial charge is 0.460 e. The zero-order chi connectivity index (χ0) is 36.5. The van der Waals surface area contributed by atoms with E-state index in [1.807, 2.05) is 62.2 Å². The molecule has 2 N–H and O–H groups in total.